The third kappa shape index (κ3) is 5.22. The molecule has 0 spiro atoms. The average molecular weight is 276 g/mol. The third-order valence-electron chi connectivity index (χ3n) is 2.83. The maximum Gasteiger partial charge on any atom is 0.314 e. The molecule has 0 saturated heterocycles. The van der Waals surface area contributed by atoms with Crippen molar-refractivity contribution >= 4 is 17.6 Å². The highest BCUT2D eigenvalue weighted by Gasteiger charge is 2.17. The number of carbonyl (C=O) groups excluding carboxylic acids is 2. The molecule has 0 saturated carbocycles. The van der Waals surface area contributed by atoms with Gasteiger partial charge >= 0.3 is 5.97 Å². The minimum Gasteiger partial charge on any atom is -0.465 e. The molecule has 0 fully saturated rings. The molecule has 0 aliphatic carbocycles. The number of ether oxygens (including phenoxy) is 1. The lowest BCUT2D eigenvalue weighted by molar-refractivity contribution is -0.145. The number of nitrogens with zero attached hydrogens (tertiary/aromatic N) is 1. The lowest BCUT2D eigenvalue weighted by atomic mass is 10.1. The molecule has 0 radical (unpaired) electrons. The standard InChI is InChI=1S/C15H20N2O3/c1-4-20-15(19)11(2)12(3)16-17-14(18)10-13-8-6-5-7-9-13/h5-9,11H,4,10H2,1-3H3,(H,17,18). The topological polar surface area (TPSA) is 67.8 Å². The van der Waals surface area contributed by atoms with E-state index in [0.29, 0.717) is 12.3 Å². The van der Waals surface area contributed by atoms with Crippen molar-refractivity contribution in [1.82, 2.24) is 5.43 Å². The molecule has 1 N–H and O–H groups in total. The van der Waals surface area contributed by atoms with E-state index in [4.69, 9.17) is 4.74 Å². The quantitative estimate of drug-likeness (QED) is 0.490. The summed E-state index contributed by atoms with van der Waals surface area (Å²) in [7, 11) is 0. The highest BCUT2D eigenvalue weighted by atomic mass is 16.5. The minimum absolute atomic E-state index is 0.216. The Hall–Kier alpha value is -2.17. The van der Waals surface area contributed by atoms with Gasteiger partial charge in [0.05, 0.1) is 18.9 Å². The number of benzene rings is 1. The first-order chi connectivity index (χ1) is 9.54. The molecule has 20 heavy (non-hydrogen) atoms. The Bertz CT molecular complexity index is 483. The van der Waals surface area contributed by atoms with Crippen LogP contribution in [0, 0.1) is 5.92 Å². The predicted molar refractivity (Wildman–Crippen MR) is 77.2 cm³/mol. The molecule has 1 amide bonds. The van der Waals surface area contributed by atoms with Crippen molar-refractivity contribution in [2.45, 2.75) is 27.2 Å². The molecule has 0 aromatic heterocycles. The molecule has 5 heteroatoms. The first-order valence-electron chi connectivity index (χ1n) is 6.58. The number of hydrogen-bond donors (Lipinski definition) is 1. The number of nitrogens with one attached hydrogen (secondary N) is 1. The number of rotatable bonds is 6. The molecule has 0 bridgehead atoms. The van der Waals surface area contributed by atoms with Gasteiger partial charge in [0.2, 0.25) is 5.91 Å². The number of hydrogen-bond acceptors (Lipinski definition) is 4. The van der Waals surface area contributed by atoms with Gasteiger partial charge in [-0.3, -0.25) is 9.59 Å². The van der Waals surface area contributed by atoms with Crippen molar-refractivity contribution in [3.63, 3.8) is 0 Å². The zero-order valence-corrected chi connectivity index (χ0v) is 12.1. The molecule has 0 aliphatic heterocycles. The van der Waals surface area contributed by atoms with Crippen molar-refractivity contribution in [2.75, 3.05) is 6.61 Å². The normalized spacial score (nSPS) is 12.7. The fourth-order valence-corrected chi connectivity index (χ4v) is 1.51. The lowest BCUT2D eigenvalue weighted by Gasteiger charge is -2.10. The molecule has 1 atom stereocenters. The molecule has 1 unspecified atom stereocenters. The van der Waals surface area contributed by atoms with Crippen LogP contribution in [0.1, 0.15) is 26.3 Å². The van der Waals surface area contributed by atoms with Crippen LogP contribution in [0.5, 0.6) is 0 Å². The van der Waals surface area contributed by atoms with Gasteiger partial charge in [0.15, 0.2) is 0 Å². The Morgan fingerprint density at radius 1 is 1.30 bits per heavy atom. The van der Waals surface area contributed by atoms with Crippen LogP contribution in [0.4, 0.5) is 0 Å². The Kier molecular flexibility index (Phi) is 6.43. The van der Waals surface area contributed by atoms with E-state index in [9.17, 15) is 9.59 Å². The van der Waals surface area contributed by atoms with Crippen LogP contribution in [0.25, 0.3) is 0 Å². The van der Waals surface area contributed by atoms with E-state index >= 15 is 0 Å². The summed E-state index contributed by atoms with van der Waals surface area (Å²) >= 11 is 0. The summed E-state index contributed by atoms with van der Waals surface area (Å²) in [5, 5.41) is 3.94. The highest BCUT2D eigenvalue weighted by molar-refractivity contribution is 6.00. The number of carbonyl (C=O) groups is 2. The van der Waals surface area contributed by atoms with Gasteiger partial charge in [-0.1, -0.05) is 30.3 Å². The van der Waals surface area contributed by atoms with Crippen molar-refractivity contribution in [2.24, 2.45) is 11.0 Å². The first kappa shape index (κ1) is 15.9. The van der Waals surface area contributed by atoms with Crippen molar-refractivity contribution in [1.29, 1.82) is 0 Å². The number of esters is 1. The van der Waals surface area contributed by atoms with Gasteiger partial charge in [-0.05, 0) is 26.3 Å². The van der Waals surface area contributed by atoms with Crippen molar-refractivity contribution in [3.8, 4) is 0 Å². The van der Waals surface area contributed by atoms with Gasteiger partial charge in [-0.2, -0.15) is 5.10 Å². The molecule has 1 aromatic rings. The Morgan fingerprint density at radius 3 is 2.55 bits per heavy atom. The largest absolute Gasteiger partial charge is 0.465 e. The van der Waals surface area contributed by atoms with Crippen molar-refractivity contribution in [3.05, 3.63) is 35.9 Å². The van der Waals surface area contributed by atoms with E-state index in [2.05, 4.69) is 10.5 Å². The molecule has 5 nitrogen and oxygen atoms in total. The van der Waals surface area contributed by atoms with Crippen LogP contribution in [0.3, 0.4) is 0 Å². The molecule has 1 rings (SSSR count). The van der Waals surface area contributed by atoms with E-state index < -0.39 is 5.92 Å². The molecule has 0 aliphatic rings. The van der Waals surface area contributed by atoms with E-state index in [1.165, 1.54) is 0 Å². The minimum atomic E-state index is -0.466. The second-order valence-corrected chi connectivity index (χ2v) is 4.42. The van der Waals surface area contributed by atoms with E-state index in [1.54, 1.807) is 20.8 Å². The van der Waals surface area contributed by atoms with Crippen LogP contribution in [-0.4, -0.2) is 24.2 Å². The van der Waals surface area contributed by atoms with Gasteiger partial charge < -0.3 is 4.74 Å². The summed E-state index contributed by atoms with van der Waals surface area (Å²) in [5.41, 5.74) is 3.88. The highest BCUT2D eigenvalue weighted by Crippen LogP contribution is 2.02. The summed E-state index contributed by atoms with van der Waals surface area (Å²) in [6.07, 6.45) is 0.255. The Balaban J connectivity index is 2.50. The van der Waals surface area contributed by atoms with Gasteiger partial charge in [-0.25, -0.2) is 5.43 Å². The summed E-state index contributed by atoms with van der Waals surface area (Å²) < 4.78 is 4.89. The van der Waals surface area contributed by atoms with Crippen LogP contribution < -0.4 is 5.43 Å². The number of amides is 1. The first-order valence-corrected chi connectivity index (χ1v) is 6.58. The van der Waals surface area contributed by atoms with Crippen molar-refractivity contribution < 1.29 is 14.3 Å². The fraction of sp³-hybridized carbons (Fsp3) is 0.400. The Morgan fingerprint density at radius 2 is 1.95 bits per heavy atom. The molecule has 0 heterocycles. The van der Waals surface area contributed by atoms with Crippen LogP contribution in [-0.2, 0) is 20.7 Å². The molecule has 1 aromatic carbocycles. The second kappa shape index (κ2) is 8.09. The second-order valence-electron chi connectivity index (χ2n) is 4.42. The summed E-state index contributed by atoms with van der Waals surface area (Å²) in [4.78, 5) is 23.2. The molecular formula is C15H20N2O3. The van der Waals surface area contributed by atoms with E-state index in [1.807, 2.05) is 30.3 Å². The zero-order chi connectivity index (χ0) is 15.0. The maximum absolute atomic E-state index is 11.7. The lowest BCUT2D eigenvalue weighted by Crippen LogP contribution is -2.26. The smallest absolute Gasteiger partial charge is 0.314 e. The average Bonchev–Trinajstić information content (AvgIpc) is 2.45. The molecular weight excluding hydrogens is 256 g/mol. The van der Waals surface area contributed by atoms with Crippen LogP contribution in [0.15, 0.2) is 35.4 Å². The summed E-state index contributed by atoms with van der Waals surface area (Å²) in [6, 6.07) is 9.39. The van der Waals surface area contributed by atoms with Gasteiger partial charge in [0.25, 0.3) is 0 Å². The number of hydrazone groups is 1. The van der Waals surface area contributed by atoms with E-state index in [-0.39, 0.29) is 18.3 Å². The SMILES string of the molecule is CCOC(=O)C(C)C(C)=NNC(=O)Cc1ccccc1. The van der Waals surface area contributed by atoms with Crippen LogP contribution >= 0.6 is 0 Å². The van der Waals surface area contributed by atoms with E-state index in [0.717, 1.165) is 5.56 Å². The summed E-state index contributed by atoms with van der Waals surface area (Å²) in [6.45, 7) is 5.46. The summed E-state index contributed by atoms with van der Waals surface area (Å²) in [5.74, 6) is -1.02. The monoisotopic (exact) mass is 276 g/mol. The maximum atomic E-state index is 11.7. The van der Waals surface area contributed by atoms with Crippen LogP contribution in [0.2, 0.25) is 0 Å². The fourth-order valence-electron chi connectivity index (χ4n) is 1.51. The van der Waals surface area contributed by atoms with Gasteiger partial charge in [0, 0.05) is 5.71 Å². The third-order valence-corrected chi connectivity index (χ3v) is 2.83. The van der Waals surface area contributed by atoms with Gasteiger partial charge in [-0.15, -0.1) is 0 Å². The zero-order valence-electron chi connectivity index (χ0n) is 12.1. The molecule has 108 valence electrons. The van der Waals surface area contributed by atoms with Gasteiger partial charge in [0.1, 0.15) is 0 Å². The Labute approximate surface area is 119 Å². The predicted octanol–water partition coefficient (Wildman–Crippen LogP) is 1.92.